The van der Waals surface area contributed by atoms with Gasteiger partial charge in [-0.25, -0.2) is 9.97 Å². The van der Waals surface area contributed by atoms with E-state index in [1.807, 2.05) is 13.8 Å². The number of halogens is 4. The van der Waals surface area contributed by atoms with Gasteiger partial charge in [-0.1, -0.05) is 11.6 Å². The molecule has 0 radical (unpaired) electrons. The van der Waals surface area contributed by atoms with Gasteiger partial charge in [-0.05, 0) is 39.0 Å². The van der Waals surface area contributed by atoms with Gasteiger partial charge in [0.15, 0.2) is 0 Å². The maximum Gasteiger partial charge on any atom is 0.417 e. The average molecular weight is 345 g/mol. The molecule has 0 atom stereocenters. The van der Waals surface area contributed by atoms with Crippen LogP contribution in [-0.4, -0.2) is 16.0 Å². The Hall–Kier alpha value is -2.02. The molecular weight excluding hydrogens is 329 g/mol. The van der Waals surface area contributed by atoms with Gasteiger partial charge in [0.25, 0.3) is 0 Å². The van der Waals surface area contributed by atoms with E-state index in [1.54, 1.807) is 13.0 Å². The largest absolute Gasteiger partial charge is 0.417 e. The normalized spacial score (nSPS) is 11.7. The van der Waals surface area contributed by atoms with Crippen LogP contribution in [0.1, 0.15) is 25.2 Å². The van der Waals surface area contributed by atoms with Gasteiger partial charge in [0, 0.05) is 17.8 Å². The van der Waals surface area contributed by atoms with Gasteiger partial charge >= 0.3 is 6.18 Å². The van der Waals surface area contributed by atoms with Crippen molar-refractivity contribution < 1.29 is 13.2 Å². The van der Waals surface area contributed by atoms with Crippen LogP contribution in [0.5, 0.6) is 0 Å². The molecule has 0 aliphatic carbocycles. The molecule has 0 unspecified atom stereocenters. The molecule has 4 nitrogen and oxygen atoms in total. The highest BCUT2D eigenvalue weighted by atomic mass is 35.5. The minimum Gasteiger partial charge on any atom is -0.368 e. The Bertz CT molecular complexity index is 702. The molecule has 8 heteroatoms. The Kier molecular flexibility index (Phi) is 4.99. The molecular formula is C15H16ClF3N4. The number of benzene rings is 1. The Morgan fingerprint density at radius 1 is 1.09 bits per heavy atom. The number of anilines is 3. The molecule has 2 rings (SSSR count). The summed E-state index contributed by atoms with van der Waals surface area (Å²) in [6, 6.07) is 5.42. The van der Waals surface area contributed by atoms with E-state index in [0.29, 0.717) is 17.5 Å². The lowest BCUT2D eigenvalue weighted by atomic mass is 10.2. The molecule has 23 heavy (non-hydrogen) atoms. The third kappa shape index (κ3) is 4.72. The fourth-order valence-corrected chi connectivity index (χ4v) is 2.19. The molecule has 2 aromatic rings. The molecule has 1 aromatic carbocycles. The predicted octanol–water partition coefficient (Wildman–Crippen LogP) is 5.02. The van der Waals surface area contributed by atoms with E-state index in [1.165, 1.54) is 12.1 Å². The molecule has 0 fully saturated rings. The van der Waals surface area contributed by atoms with Crippen molar-refractivity contribution in [1.29, 1.82) is 0 Å². The lowest BCUT2D eigenvalue weighted by Crippen LogP contribution is -2.12. The van der Waals surface area contributed by atoms with Crippen LogP contribution in [0.3, 0.4) is 0 Å². The van der Waals surface area contributed by atoms with Crippen molar-refractivity contribution in [2.24, 2.45) is 0 Å². The van der Waals surface area contributed by atoms with E-state index in [-0.39, 0.29) is 16.8 Å². The van der Waals surface area contributed by atoms with E-state index in [4.69, 9.17) is 11.6 Å². The van der Waals surface area contributed by atoms with E-state index in [0.717, 1.165) is 6.07 Å². The molecule has 0 spiro atoms. The summed E-state index contributed by atoms with van der Waals surface area (Å²) < 4.78 is 38.7. The summed E-state index contributed by atoms with van der Waals surface area (Å²) in [5.74, 6) is 1.50. The van der Waals surface area contributed by atoms with Crippen LogP contribution in [0.15, 0.2) is 24.3 Å². The first-order valence-electron chi connectivity index (χ1n) is 6.91. The van der Waals surface area contributed by atoms with Crippen molar-refractivity contribution in [2.75, 3.05) is 10.6 Å². The van der Waals surface area contributed by atoms with Gasteiger partial charge in [-0.3, -0.25) is 0 Å². The highest BCUT2D eigenvalue weighted by molar-refractivity contribution is 6.31. The van der Waals surface area contributed by atoms with Gasteiger partial charge < -0.3 is 10.6 Å². The van der Waals surface area contributed by atoms with Crippen LogP contribution in [0.4, 0.5) is 30.5 Å². The minimum absolute atomic E-state index is 0.171. The van der Waals surface area contributed by atoms with Crippen molar-refractivity contribution in [3.63, 3.8) is 0 Å². The second-order valence-electron chi connectivity index (χ2n) is 5.30. The molecule has 2 N–H and O–H groups in total. The molecule has 1 heterocycles. The topological polar surface area (TPSA) is 49.8 Å². The molecule has 0 amide bonds. The number of aryl methyl sites for hydroxylation is 1. The zero-order valence-electron chi connectivity index (χ0n) is 12.8. The van der Waals surface area contributed by atoms with E-state index >= 15 is 0 Å². The number of nitrogens with zero attached hydrogens (tertiary/aromatic N) is 2. The van der Waals surface area contributed by atoms with Gasteiger partial charge in [0.1, 0.15) is 17.5 Å². The first kappa shape index (κ1) is 17.3. The fourth-order valence-electron chi connectivity index (χ4n) is 1.97. The average Bonchev–Trinajstić information content (AvgIpc) is 2.38. The Labute approximate surface area is 137 Å². The number of hydrogen-bond donors (Lipinski definition) is 2. The highest BCUT2D eigenvalue weighted by Gasteiger charge is 2.33. The van der Waals surface area contributed by atoms with E-state index in [9.17, 15) is 13.2 Å². The summed E-state index contributed by atoms with van der Waals surface area (Å²) in [7, 11) is 0. The van der Waals surface area contributed by atoms with E-state index in [2.05, 4.69) is 20.6 Å². The zero-order valence-corrected chi connectivity index (χ0v) is 13.5. The summed E-state index contributed by atoms with van der Waals surface area (Å²) in [6.45, 7) is 5.62. The lowest BCUT2D eigenvalue weighted by molar-refractivity contribution is -0.137. The van der Waals surface area contributed by atoms with Crippen LogP contribution in [0, 0.1) is 6.92 Å². The summed E-state index contributed by atoms with van der Waals surface area (Å²) in [5, 5.41) is 5.63. The summed E-state index contributed by atoms with van der Waals surface area (Å²) >= 11 is 5.61. The first-order valence-corrected chi connectivity index (χ1v) is 7.29. The molecule has 124 valence electrons. The molecule has 0 bridgehead atoms. The van der Waals surface area contributed by atoms with Crippen LogP contribution < -0.4 is 10.6 Å². The monoisotopic (exact) mass is 344 g/mol. The highest BCUT2D eigenvalue weighted by Crippen LogP contribution is 2.36. The molecule has 0 aliphatic rings. The third-order valence-corrected chi connectivity index (χ3v) is 3.15. The quantitative estimate of drug-likeness (QED) is 0.817. The SMILES string of the molecule is Cc1nc(Nc2ccc(Cl)c(C(F)(F)F)c2)cc(NC(C)C)n1. The zero-order chi connectivity index (χ0) is 17.2. The van der Waals surface area contributed by atoms with Crippen LogP contribution >= 0.6 is 11.6 Å². The van der Waals surface area contributed by atoms with Gasteiger partial charge in [-0.2, -0.15) is 13.2 Å². The van der Waals surface area contributed by atoms with E-state index < -0.39 is 11.7 Å². The van der Waals surface area contributed by atoms with Crippen LogP contribution in [0.25, 0.3) is 0 Å². The lowest BCUT2D eigenvalue weighted by Gasteiger charge is -2.14. The summed E-state index contributed by atoms with van der Waals surface area (Å²) in [6.07, 6.45) is -4.51. The molecule has 1 aromatic heterocycles. The summed E-state index contributed by atoms with van der Waals surface area (Å²) in [5.41, 5.74) is -0.647. The maximum absolute atomic E-state index is 12.9. The van der Waals surface area contributed by atoms with Crippen molar-refractivity contribution >= 4 is 28.9 Å². The fraction of sp³-hybridized carbons (Fsp3) is 0.333. The smallest absolute Gasteiger partial charge is 0.368 e. The van der Waals surface area contributed by atoms with Crippen LogP contribution in [0.2, 0.25) is 5.02 Å². The Balaban J connectivity index is 2.31. The first-order chi connectivity index (χ1) is 10.6. The number of nitrogens with one attached hydrogen (secondary N) is 2. The predicted molar refractivity (Wildman–Crippen MR) is 85.3 cm³/mol. The minimum atomic E-state index is -4.51. The molecule has 0 saturated carbocycles. The second kappa shape index (κ2) is 6.62. The van der Waals surface area contributed by atoms with Crippen molar-refractivity contribution in [1.82, 2.24) is 9.97 Å². The van der Waals surface area contributed by atoms with Gasteiger partial charge in [-0.15, -0.1) is 0 Å². The van der Waals surface area contributed by atoms with Gasteiger partial charge in [0.2, 0.25) is 0 Å². The second-order valence-corrected chi connectivity index (χ2v) is 5.71. The number of rotatable bonds is 4. The van der Waals surface area contributed by atoms with Crippen molar-refractivity contribution in [2.45, 2.75) is 33.0 Å². The van der Waals surface area contributed by atoms with Crippen molar-refractivity contribution in [3.8, 4) is 0 Å². The van der Waals surface area contributed by atoms with Crippen molar-refractivity contribution in [3.05, 3.63) is 40.7 Å². The molecule has 0 aliphatic heterocycles. The molecule has 0 saturated heterocycles. The number of alkyl halides is 3. The Morgan fingerprint density at radius 3 is 2.35 bits per heavy atom. The standard InChI is InChI=1S/C15H16ClF3N4/c1-8(2)20-13-7-14(22-9(3)21-13)23-10-4-5-12(16)11(6-10)15(17,18)19/h4-8H,1-3H3,(H2,20,21,22,23). The number of hydrogen-bond acceptors (Lipinski definition) is 4. The third-order valence-electron chi connectivity index (χ3n) is 2.82. The van der Waals surface area contributed by atoms with Gasteiger partial charge in [0.05, 0.1) is 10.6 Å². The Morgan fingerprint density at radius 2 is 1.74 bits per heavy atom. The maximum atomic E-state index is 12.9. The number of aromatic nitrogens is 2. The van der Waals surface area contributed by atoms with Crippen LogP contribution in [-0.2, 0) is 6.18 Å². The summed E-state index contributed by atoms with van der Waals surface area (Å²) in [4.78, 5) is 8.40.